The van der Waals surface area contributed by atoms with Crippen molar-refractivity contribution >= 4 is 57.7 Å². The number of fused-ring (bicyclic) bond motifs is 1. The van der Waals surface area contributed by atoms with Crippen molar-refractivity contribution in [2.75, 3.05) is 54.8 Å². The van der Waals surface area contributed by atoms with Gasteiger partial charge in [0, 0.05) is 57.2 Å². The lowest BCUT2D eigenvalue weighted by molar-refractivity contribution is -0.135. The van der Waals surface area contributed by atoms with Crippen LogP contribution in [0.25, 0.3) is 11.0 Å². The number of piperidine rings is 3. The average Bonchev–Trinajstić information content (AvgIpc) is 3.51. The number of nitrogens with zero attached hydrogens (tertiary/aromatic N) is 7. The van der Waals surface area contributed by atoms with Gasteiger partial charge in [-0.25, -0.2) is 14.8 Å². The van der Waals surface area contributed by atoms with E-state index in [2.05, 4.69) is 76.9 Å². The van der Waals surface area contributed by atoms with Gasteiger partial charge in [-0.3, -0.25) is 28.8 Å². The van der Waals surface area contributed by atoms with Gasteiger partial charge in [-0.1, -0.05) is 18.2 Å². The zero-order chi connectivity index (χ0) is 43.5. The number of nitrogens with one attached hydrogen (secondary N) is 4. The van der Waals surface area contributed by atoms with Crippen LogP contribution in [0.3, 0.4) is 0 Å². The molecule has 0 bridgehead atoms. The number of likely N-dealkylation sites (tertiary alicyclic amines) is 1. The molecule has 1 atom stereocenters. The number of aliphatic hydroxyl groups is 1. The van der Waals surface area contributed by atoms with E-state index in [1.54, 1.807) is 54.3 Å². The Balaban J connectivity index is 0.837. The Labute approximate surface area is 360 Å². The molecule has 5 aromatic rings. The first-order valence-electron chi connectivity index (χ1n) is 21.5. The summed E-state index contributed by atoms with van der Waals surface area (Å²) in [6.07, 6.45) is 7.97. The summed E-state index contributed by atoms with van der Waals surface area (Å²) in [4.78, 5) is 69.2. The molecule has 8 rings (SSSR count). The average molecular weight is 842 g/mol. The molecular weight excluding hydrogens is 787 g/mol. The third kappa shape index (κ3) is 9.26. The minimum Gasteiger partial charge on any atom is -0.384 e. The van der Waals surface area contributed by atoms with Gasteiger partial charge in [-0.05, 0) is 125 Å². The number of hydrogen-bond donors (Lipinski definition) is 5. The lowest BCUT2D eigenvalue weighted by atomic mass is 9.88. The van der Waals surface area contributed by atoms with Crippen LogP contribution in [-0.4, -0.2) is 91.1 Å². The third-order valence-electron chi connectivity index (χ3n) is 12.4. The van der Waals surface area contributed by atoms with Gasteiger partial charge in [0.25, 0.3) is 5.91 Å². The summed E-state index contributed by atoms with van der Waals surface area (Å²) < 4.78 is 3.16. The van der Waals surface area contributed by atoms with Gasteiger partial charge < -0.3 is 30.9 Å². The van der Waals surface area contributed by atoms with Crippen molar-refractivity contribution in [1.82, 2.24) is 39.6 Å². The third-order valence-corrected chi connectivity index (χ3v) is 12.4. The van der Waals surface area contributed by atoms with Gasteiger partial charge in [-0.15, -0.1) is 6.58 Å². The molecule has 0 aliphatic carbocycles. The van der Waals surface area contributed by atoms with Crippen LogP contribution in [0.1, 0.15) is 85.9 Å². The molecular formula is C46H55N11O5. The predicted molar refractivity (Wildman–Crippen MR) is 239 cm³/mol. The van der Waals surface area contributed by atoms with Gasteiger partial charge in [0.2, 0.25) is 17.8 Å². The smallest absolute Gasteiger partial charge is 0.329 e. The van der Waals surface area contributed by atoms with Crippen LogP contribution in [-0.2, 0) is 22.2 Å². The number of carbonyl (C=O) groups excluding carboxylic acids is 3. The summed E-state index contributed by atoms with van der Waals surface area (Å²) in [6.45, 7) is 12.4. The molecule has 3 aliphatic rings. The fourth-order valence-corrected chi connectivity index (χ4v) is 8.87. The van der Waals surface area contributed by atoms with Gasteiger partial charge in [0.1, 0.15) is 28.8 Å². The SMILES string of the molecule is C=CCNC(=O)c1cnc(Nc2ccc(N3CCC(CN4CCC(c5ccc6c(c5)n(C)c(=O)n6C5CCC(=O)NC5=O)CC4)CC3)cc2)nc1Nc1cccc(C(C)(C)O)n1. The van der Waals surface area contributed by atoms with E-state index in [0.29, 0.717) is 35.7 Å². The Morgan fingerprint density at radius 1 is 0.935 bits per heavy atom. The van der Waals surface area contributed by atoms with Crippen molar-refractivity contribution in [2.24, 2.45) is 13.0 Å². The van der Waals surface area contributed by atoms with Gasteiger partial charge in [0.05, 0.1) is 16.7 Å². The van der Waals surface area contributed by atoms with E-state index in [1.165, 1.54) is 11.8 Å². The second-order valence-corrected chi connectivity index (χ2v) is 17.2. The van der Waals surface area contributed by atoms with Gasteiger partial charge >= 0.3 is 5.69 Å². The number of pyridine rings is 1. The van der Waals surface area contributed by atoms with E-state index in [-0.39, 0.29) is 41.9 Å². The summed E-state index contributed by atoms with van der Waals surface area (Å²) in [5.74, 6) is 0.960. The molecule has 324 valence electrons. The number of imide groups is 1. The summed E-state index contributed by atoms with van der Waals surface area (Å²) in [7, 11) is 1.75. The number of anilines is 5. The van der Waals surface area contributed by atoms with Crippen molar-refractivity contribution in [3.8, 4) is 0 Å². The van der Waals surface area contributed by atoms with E-state index in [1.807, 2.05) is 18.2 Å². The number of benzene rings is 2. The number of hydrogen-bond acceptors (Lipinski definition) is 12. The summed E-state index contributed by atoms with van der Waals surface area (Å²) >= 11 is 0. The normalized spacial score (nSPS) is 18.1. The van der Waals surface area contributed by atoms with Crippen LogP contribution in [0.2, 0.25) is 0 Å². The van der Waals surface area contributed by atoms with Crippen molar-refractivity contribution in [2.45, 2.75) is 69.9 Å². The molecule has 0 radical (unpaired) electrons. The molecule has 0 saturated carbocycles. The van der Waals surface area contributed by atoms with Crippen molar-refractivity contribution in [3.05, 3.63) is 107 Å². The van der Waals surface area contributed by atoms with Crippen LogP contribution in [0.4, 0.5) is 29.0 Å². The Kier molecular flexibility index (Phi) is 12.2. The minimum atomic E-state index is -1.15. The minimum absolute atomic E-state index is 0.222. The Hall–Kier alpha value is -6.39. The lowest BCUT2D eigenvalue weighted by Gasteiger charge is -2.38. The first-order chi connectivity index (χ1) is 29.8. The second-order valence-electron chi connectivity index (χ2n) is 17.2. The van der Waals surface area contributed by atoms with Crippen molar-refractivity contribution < 1.29 is 19.5 Å². The molecule has 16 nitrogen and oxygen atoms in total. The van der Waals surface area contributed by atoms with E-state index in [0.717, 1.165) is 80.8 Å². The molecule has 3 saturated heterocycles. The molecule has 6 heterocycles. The molecule has 3 fully saturated rings. The standard InChI is InChI=1S/C46H55N11O5/c1-5-21-47-42(59)34-27-48-44(53-41(34)51-39-8-6-7-38(50-39)46(2,3)62)49-32-10-12-33(13-11-32)56-24-17-29(18-25-56)28-55-22-19-30(20-23-55)31-9-14-35-37(26-31)54(4)45(61)57(35)36-15-16-40(58)52-43(36)60/h5-14,26-27,29-30,36,62H,1,15-25,28H2,2-4H3,(H,47,59)(H,52,58,60)(H2,48,49,50,51,53). The zero-order valence-electron chi connectivity index (χ0n) is 35.6. The Morgan fingerprint density at radius 3 is 2.40 bits per heavy atom. The molecule has 3 aliphatic heterocycles. The maximum Gasteiger partial charge on any atom is 0.329 e. The maximum atomic E-state index is 13.3. The summed E-state index contributed by atoms with van der Waals surface area (Å²) in [5, 5.41) is 22.1. The number of aromatic nitrogens is 5. The first-order valence-corrected chi connectivity index (χ1v) is 21.5. The highest BCUT2D eigenvalue weighted by Crippen LogP contribution is 2.33. The molecule has 16 heteroatoms. The van der Waals surface area contributed by atoms with Crippen LogP contribution < -0.4 is 31.9 Å². The van der Waals surface area contributed by atoms with E-state index >= 15 is 0 Å². The van der Waals surface area contributed by atoms with Gasteiger partial charge in [-0.2, -0.15) is 4.98 Å². The second kappa shape index (κ2) is 17.9. The number of rotatable bonds is 13. The molecule has 0 spiro atoms. The Bertz CT molecular complexity index is 2530. The largest absolute Gasteiger partial charge is 0.384 e. The molecule has 3 aromatic heterocycles. The van der Waals surface area contributed by atoms with E-state index in [4.69, 9.17) is 0 Å². The van der Waals surface area contributed by atoms with Gasteiger partial charge in [0.15, 0.2) is 0 Å². The molecule has 62 heavy (non-hydrogen) atoms. The molecule has 2 aromatic carbocycles. The van der Waals surface area contributed by atoms with Crippen molar-refractivity contribution in [1.29, 1.82) is 0 Å². The highest BCUT2D eigenvalue weighted by atomic mass is 16.3. The molecule has 3 amide bonds. The monoisotopic (exact) mass is 841 g/mol. The van der Waals surface area contributed by atoms with Crippen molar-refractivity contribution in [3.63, 3.8) is 0 Å². The maximum absolute atomic E-state index is 13.3. The highest BCUT2D eigenvalue weighted by molar-refractivity contribution is 6.00. The highest BCUT2D eigenvalue weighted by Gasteiger charge is 2.32. The van der Waals surface area contributed by atoms with Crippen LogP contribution in [0, 0.1) is 5.92 Å². The number of carbonyl (C=O) groups is 3. The van der Waals surface area contributed by atoms with Crippen LogP contribution >= 0.6 is 0 Å². The predicted octanol–water partition coefficient (Wildman–Crippen LogP) is 5.23. The fourth-order valence-electron chi connectivity index (χ4n) is 8.87. The summed E-state index contributed by atoms with van der Waals surface area (Å²) in [6, 6.07) is 19.0. The quantitative estimate of drug-likeness (QED) is 0.0768. The van der Waals surface area contributed by atoms with Crippen LogP contribution in [0.15, 0.2) is 84.3 Å². The van der Waals surface area contributed by atoms with E-state index < -0.39 is 17.6 Å². The molecule has 5 N–H and O–H groups in total. The lowest BCUT2D eigenvalue weighted by Crippen LogP contribution is -2.44. The summed E-state index contributed by atoms with van der Waals surface area (Å²) in [5.41, 5.74) is 4.05. The fraction of sp³-hybridized carbons (Fsp3) is 0.413. The first kappa shape index (κ1) is 42.3. The number of aryl methyl sites for hydroxylation is 1. The Morgan fingerprint density at radius 2 is 1.69 bits per heavy atom. The number of imidazole rings is 1. The van der Waals surface area contributed by atoms with E-state index in [9.17, 15) is 24.3 Å². The van der Waals surface area contributed by atoms with Crippen LogP contribution in [0.5, 0.6) is 0 Å². The topological polar surface area (TPSA) is 192 Å². The number of amides is 3. The zero-order valence-corrected chi connectivity index (χ0v) is 35.6. The molecule has 1 unspecified atom stereocenters.